The Bertz CT molecular complexity index is 1120. The number of amides is 1. The molecule has 2 aliphatic rings. The van der Waals surface area contributed by atoms with Gasteiger partial charge in [0.05, 0.1) is 25.1 Å². The van der Waals surface area contributed by atoms with E-state index in [1.54, 1.807) is 18.3 Å². The summed E-state index contributed by atoms with van der Waals surface area (Å²) in [5.74, 6) is -0.0661. The molecule has 1 amide bonds. The highest BCUT2D eigenvalue weighted by Gasteiger charge is 2.47. The van der Waals surface area contributed by atoms with E-state index >= 15 is 0 Å². The van der Waals surface area contributed by atoms with Crippen molar-refractivity contribution in [1.82, 2.24) is 9.88 Å². The molecule has 0 aliphatic carbocycles. The van der Waals surface area contributed by atoms with E-state index in [1.165, 1.54) is 12.1 Å². The fourth-order valence-corrected chi connectivity index (χ4v) is 5.31. The molecule has 1 saturated heterocycles. The van der Waals surface area contributed by atoms with Gasteiger partial charge in [0.2, 0.25) is 5.91 Å². The maximum Gasteiger partial charge on any atom is 0.229 e. The molecule has 0 bridgehead atoms. The van der Waals surface area contributed by atoms with E-state index in [0.717, 1.165) is 34.5 Å². The Morgan fingerprint density at radius 2 is 1.91 bits per heavy atom. The van der Waals surface area contributed by atoms with Gasteiger partial charge in [-0.1, -0.05) is 24.3 Å². The molecule has 2 aliphatic heterocycles. The van der Waals surface area contributed by atoms with Crippen LogP contribution in [0.4, 0.5) is 10.1 Å². The highest BCUT2D eigenvalue weighted by atomic mass is 19.1. The molecule has 0 unspecified atom stereocenters. The number of pyridine rings is 1. The molecule has 2 aromatic carbocycles. The Morgan fingerprint density at radius 3 is 2.62 bits per heavy atom. The molecule has 5 rings (SSSR count). The third-order valence-corrected chi connectivity index (χ3v) is 6.91. The van der Waals surface area contributed by atoms with Crippen molar-refractivity contribution in [3.05, 3.63) is 83.9 Å². The van der Waals surface area contributed by atoms with E-state index in [-0.39, 0.29) is 42.8 Å². The van der Waals surface area contributed by atoms with Crippen LogP contribution in [-0.2, 0) is 11.2 Å². The molecule has 3 atom stereocenters. The Hall–Kier alpha value is -3.25. The number of benzene rings is 2. The van der Waals surface area contributed by atoms with Crippen molar-refractivity contribution in [2.45, 2.75) is 24.9 Å². The number of likely N-dealkylation sites (tertiary alicyclic amines) is 1. The van der Waals surface area contributed by atoms with Crippen molar-refractivity contribution in [2.24, 2.45) is 5.92 Å². The van der Waals surface area contributed by atoms with Gasteiger partial charge in [-0.05, 0) is 59.5 Å². The van der Waals surface area contributed by atoms with Crippen LogP contribution in [0, 0.1) is 11.7 Å². The van der Waals surface area contributed by atoms with Gasteiger partial charge in [-0.25, -0.2) is 4.39 Å². The highest BCUT2D eigenvalue weighted by molar-refractivity contribution is 5.80. The first-order valence-corrected chi connectivity index (χ1v) is 11.0. The van der Waals surface area contributed by atoms with Gasteiger partial charge in [0.1, 0.15) is 5.82 Å². The van der Waals surface area contributed by atoms with Crippen molar-refractivity contribution in [3.63, 3.8) is 0 Å². The van der Waals surface area contributed by atoms with Crippen LogP contribution in [0.5, 0.6) is 0 Å². The number of hydrogen-bond donors (Lipinski definition) is 1. The molecule has 3 aromatic rings. The number of anilines is 1. The first-order valence-electron chi connectivity index (χ1n) is 11.0. The zero-order valence-corrected chi connectivity index (χ0v) is 18.0. The maximum absolute atomic E-state index is 13.4. The van der Waals surface area contributed by atoms with Crippen molar-refractivity contribution in [2.75, 3.05) is 25.1 Å². The normalized spacial score (nSPS) is 21.9. The fraction of sp³-hybridized carbons (Fsp3) is 0.308. The molecule has 164 valence electrons. The van der Waals surface area contributed by atoms with E-state index in [1.807, 2.05) is 42.3 Å². The number of rotatable bonds is 4. The van der Waals surface area contributed by atoms with Gasteiger partial charge >= 0.3 is 0 Å². The number of nitrogens with zero attached hydrogens (tertiary/aromatic N) is 3. The number of likely N-dealkylation sites (N-methyl/N-ethyl adjacent to an activating group) is 1. The van der Waals surface area contributed by atoms with Crippen LogP contribution in [0.3, 0.4) is 0 Å². The van der Waals surface area contributed by atoms with Crippen molar-refractivity contribution < 1.29 is 14.3 Å². The number of fused-ring (bicyclic) bond motifs is 3. The molecule has 0 radical (unpaired) electrons. The number of halogens is 1. The van der Waals surface area contributed by atoms with Crippen LogP contribution in [0.25, 0.3) is 11.1 Å². The van der Waals surface area contributed by atoms with Crippen LogP contribution in [-0.4, -0.2) is 47.1 Å². The lowest BCUT2D eigenvalue weighted by molar-refractivity contribution is -0.132. The van der Waals surface area contributed by atoms with Gasteiger partial charge in [0, 0.05) is 37.1 Å². The number of hydrogen-bond acceptors (Lipinski definition) is 4. The number of aliphatic hydroxyl groups is 1. The summed E-state index contributed by atoms with van der Waals surface area (Å²) in [6, 6.07) is 18.1. The average Bonchev–Trinajstić information content (AvgIpc) is 3.26. The van der Waals surface area contributed by atoms with Gasteiger partial charge in [-0.15, -0.1) is 0 Å². The van der Waals surface area contributed by atoms with E-state index in [0.29, 0.717) is 6.54 Å². The Balaban J connectivity index is 1.54. The number of aromatic nitrogens is 1. The zero-order valence-electron chi connectivity index (χ0n) is 18.0. The van der Waals surface area contributed by atoms with E-state index < -0.39 is 0 Å². The first kappa shape index (κ1) is 20.6. The molecular weight excluding hydrogens is 405 g/mol. The number of carbonyl (C=O) groups is 1. The predicted molar refractivity (Wildman–Crippen MR) is 122 cm³/mol. The molecular formula is C26H26FN3O2. The summed E-state index contributed by atoms with van der Waals surface area (Å²) in [6.07, 6.45) is 2.81. The van der Waals surface area contributed by atoms with Gasteiger partial charge in [0.15, 0.2) is 0 Å². The molecule has 0 spiro atoms. The lowest BCUT2D eigenvalue weighted by Crippen LogP contribution is -2.48. The van der Waals surface area contributed by atoms with E-state index in [2.05, 4.69) is 16.0 Å². The third-order valence-electron chi connectivity index (χ3n) is 6.91. The molecule has 6 heteroatoms. The quantitative estimate of drug-likeness (QED) is 0.682. The summed E-state index contributed by atoms with van der Waals surface area (Å²) < 4.78 is 13.4. The minimum atomic E-state index is -0.264. The largest absolute Gasteiger partial charge is 0.394 e. The minimum absolute atomic E-state index is 0.0408. The molecule has 1 N–H and O–H groups in total. The summed E-state index contributed by atoms with van der Waals surface area (Å²) in [4.78, 5) is 21.7. The second-order valence-corrected chi connectivity index (χ2v) is 8.62. The summed E-state index contributed by atoms with van der Waals surface area (Å²) in [7, 11) is 2.01. The first-order chi connectivity index (χ1) is 15.6. The number of carbonyl (C=O) groups excluding carboxylic acids is 1. The smallest absolute Gasteiger partial charge is 0.229 e. The minimum Gasteiger partial charge on any atom is -0.394 e. The van der Waals surface area contributed by atoms with Crippen LogP contribution in [0.1, 0.15) is 23.7 Å². The monoisotopic (exact) mass is 431 g/mol. The lowest BCUT2D eigenvalue weighted by Gasteiger charge is -2.44. The fourth-order valence-electron chi connectivity index (χ4n) is 5.31. The molecule has 32 heavy (non-hydrogen) atoms. The van der Waals surface area contributed by atoms with Gasteiger partial charge in [-0.3, -0.25) is 9.78 Å². The molecule has 5 nitrogen and oxygen atoms in total. The second-order valence-electron chi connectivity index (χ2n) is 8.62. The van der Waals surface area contributed by atoms with Crippen molar-refractivity contribution in [3.8, 4) is 11.1 Å². The summed E-state index contributed by atoms with van der Waals surface area (Å²) in [5.41, 5.74) is 4.78. The summed E-state index contributed by atoms with van der Waals surface area (Å²) in [6.45, 7) is 0.699. The van der Waals surface area contributed by atoms with Crippen LogP contribution in [0.15, 0.2) is 66.9 Å². The van der Waals surface area contributed by atoms with Crippen LogP contribution in [0.2, 0.25) is 0 Å². The predicted octanol–water partition coefficient (Wildman–Crippen LogP) is 3.83. The third kappa shape index (κ3) is 3.54. The lowest BCUT2D eigenvalue weighted by atomic mass is 9.81. The topological polar surface area (TPSA) is 56.7 Å². The Labute approximate surface area is 187 Å². The summed E-state index contributed by atoms with van der Waals surface area (Å²) in [5, 5.41) is 10.2. The maximum atomic E-state index is 13.4. The zero-order chi connectivity index (χ0) is 22.2. The van der Waals surface area contributed by atoms with Crippen LogP contribution < -0.4 is 4.90 Å². The van der Waals surface area contributed by atoms with Gasteiger partial charge in [0.25, 0.3) is 0 Å². The van der Waals surface area contributed by atoms with Crippen LogP contribution >= 0.6 is 0 Å². The van der Waals surface area contributed by atoms with Crippen molar-refractivity contribution in [1.29, 1.82) is 0 Å². The SMILES string of the molecule is CN1c2ccc(-c3ccc(F)cc3)cc2[C@H]2[C@H](CCN2C(=O)Cc2ccccn2)[C@H]1CO. The standard InChI is InChI=1S/C26H26FN3O2/c1-29-23-10-7-18(17-5-8-19(27)9-6-17)14-22(23)26-21(24(29)16-31)11-13-30(26)25(32)15-20-4-2-3-12-28-20/h2-10,12,14,21,24,26,31H,11,13,15-16H2,1H3/t21-,24-,26-/m1/s1. The second kappa shape index (κ2) is 8.36. The molecule has 1 aromatic heterocycles. The summed E-state index contributed by atoms with van der Waals surface area (Å²) >= 11 is 0. The van der Waals surface area contributed by atoms with Gasteiger partial charge in [-0.2, -0.15) is 0 Å². The average molecular weight is 432 g/mol. The highest BCUT2D eigenvalue weighted by Crippen LogP contribution is 2.49. The Kier molecular flexibility index (Phi) is 5.39. The molecule has 0 saturated carbocycles. The molecule has 1 fully saturated rings. The number of aliphatic hydroxyl groups excluding tert-OH is 1. The van der Waals surface area contributed by atoms with Crippen molar-refractivity contribution >= 4 is 11.6 Å². The molecule has 3 heterocycles. The van der Waals surface area contributed by atoms with Gasteiger partial charge < -0.3 is 14.9 Å². The Morgan fingerprint density at radius 1 is 1.12 bits per heavy atom. The van der Waals surface area contributed by atoms with E-state index in [9.17, 15) is 14.3 Å². The van der Waals surface area contributed by atoms with E-state index in [4.69, 9.17) is 0 Å².